The summed E-state index contributed by atoms with van der Waals surface area (Å²) < 4.78 is 16.0. The van der Waals surface area contributed by atoms with Crippen molar-refractivity contribution in [1.29, 1.82) is 0 Å². The Morgan fingerprint density at radius 2 is 1.32 bits per heavy atom. The van der Waals surface area contributed by atoms with Crippen molar-refractivity contribution in [2.24, 2.45) is 5.92 Å². The third-order valence-electron chi connectivity index (χ3n) is 5.74. The molecule has 0 saturated carbocycles. The van der Waals surface area contributed by atoms with E-state index in [1.54, 1.807) is 34.6 Å². The number of alkyl carbamates (subject to hydrolysis) is 1. The van der Waals surface area contributed by atoms with Gasteiger partial charge in [0, 0.05) is 6.42 Å². The molecule has 0 fully saturated rings. The van der Waals surface area contributed by atoms with Crippen molar-refractivity contribution in [3.05, 3.63) is 71.8 Å². The van der Waals surface area contributed by atoms with Crippen LogP contribution in [0.15, 0.2) is 60.7 Å². The quantitative estimate of drug-likeness (QED) is 0.324. The van der Waals surface area contributed by atoms with E-state index in [2.05, 4.69) is 16.0 Å². The van der Waals surface area contributed by atoms with Crippen molar-refractivity contribution < 1.29 is 33.4 Å². The molecule has 2 rings (SSSR count). The van der Waals surface area contributed by atoms with E-state index in [4.69, 9.17) is 14.2 Å². The largest absolute Gasteiger partial charge is 0.467 e. The van der Waals surface area contributed by atoms with Gasteiger partial charge in [-0.15, -0.1) is 0 Å². The minimum atomic E-state index is -1.17. The molecule has 2 aromatic rings. The molecule has 0 radical (unpaired) electrons. The zero-order valence-electron chi connectivity index (χ0n) is 24.1. The highest BCUT2D eigenvalue weighted by molar-refractivity contribution is 5.93. The molecule has 10 heteroatoms. The Morgan fingerprint density at radius 1 is 0.775 bits per heavy atom. The van der Waals surface area contributed by atoms with Crippen molar-refractivity contribution in [3.63, 3.8) is 0 Å². The Balaban J connectivity index is 2.20. The van der Waals surface area contributed by atoms with Crippen LogP contribution >= 0.6 is 0 Å². The fourth-order valence-corrected chi connectivity index (χ4v) is 3.74. The first-order valence-corrected chi connectivity index (χ1v) is 13.2. The number of esters is 1. The van der Waals surface area contributed by atoms with Crippen LogP contribution in [-0.2, 0) is 41.6 Å². The SMILES string of the molecule is COC(=O)[C@H](Cc1ccccc1)NC(=O)[C@@H](COCc1ccccc1)NC(=O)[C@@H](NC(=O)OC(C)(C)C)C(C)C. The van der Waals surface area contributed by atoms with Gasteiger partial charge in [0.1, 0.15) is 23.7 Å². The van der Waals surface area contributed by atoms with Crippen molar-refractivity contribution in [2.45, 2.75) is 71.4 Å². The summed E-state index contributed by atoms with van der Waals surface area (Å²) in [7, 11) is 1.24. The number of nitrogens with one attached hydrogen (secondary N) is 3. The average molecular weight is 556 g/mol. The van der Waals surface area contributed by atoms with Gasteiger partial charge in [-0.25, -0.2) is 9.59 Å². The standard InChI is InChI=1S/C30H41N3O7/c1-20(2)25(33-29(37)40-30(3,4)5)27(35)32-24(19-39-18-22-15-11-8-12-16-22)26(34)31-23(28(36)38-6)17-21-13-9-7-10-14-21/h7-16,20,23-25H,17-19H2,1-6H3,(H,31,34)(H,32,35)(H,33,37)/t23-,24+,25-/m0/s1. The van der Waals surface area contributed by atoms with Crippen LogP contribution in [-0.4, -0.2) is 61.3 Å². The minimum Gasteiger partial charge on any atom is -0.467 e. The van der Waals surface area contributed by atoms with Gasteiger partial charge < -0.3 is 30.2 Å². The first-order chi connectivity index (χ1) is 18.9. The lowest BCUT2D eigenvalue weighted by atomic mass is 10.0. The van der Waals surface area contributed by atoms with Crippen molar-refractivity contribution in [1.82, 2.24) is 16.0 Å². The summed E-state index contributed by atoms with van der Waals surface area (Å²) in [5.74, 6) is -2.17. The second-order valence-electron chi connectivity index (χ2n) is 10.7. The molecule has 0 aromatic heterocycles. The molecule has 0 aliphatic heterocycles. The van der Waals surface area contributed by atoms with Crippen molar-refractivity contribution in [3.8, 4) is 0 Å². The third kappa shape index (κ3) is 11.4. The molecule has 3 N–H and O–H groups in total. The third-order valence-corrected chi connectivity index (χ3v) is 5.74. The van der Waals surface area contributed by atoms with Gasteiger partial charge in [0.25, 0.3) is 0 Å². The summed E-state index contributed by atoms with van der Waals surface area (Å²) in [5.41, 5.74) is 0.953. The van der Waals surface area contributed by atoms with Crippen LogP contribution in [0, 0.1) is 5.92 Å². The number of benzene rings is 2. The van der Waals surface area contributed by atoms with Gasteiger partial charge in [-0.3, -0.25) is 9.59 Å². The molecular weight excluding hydrogens is 514 g/mol. The Kier molecular flexibility index (Phi) is 12.6. The molecule has 218 valence electrons. The fourth-order valence-electron chi connectivity index (χ4n) is 3.74. The molecule has 40 heavy (non-hydrogen) atoms. The molecule has 0 saturated heterocycles. The topological polar surface area (TPSA) is 132 Å². The molecule has 3 atom stereocenters. The van der Waals surface area contributed by atoms with Crippen molar-refractivity contribution >= 4 is 23.9 Å². The summed E-state index contributed by atoms with van der Waals surface area (Å²) >= 11 is 0. The highest BCUT2D eigenvalue weighted by Gasteiger charge is 2.32. The van der Waals surface area contributed by atoms with Crippen LogP contribution in [0.2, 0.25) is 0 Å². The second-order valence-corrected chi connectivity index (χ2v) is 10.7. The van der Waals surface area contributed by atoms with Crippen LogP contribution in [0.25, 0.3) is 0 Å². The smallest absolute Gasteiger partial charge is 0.408 e. The molecular formula is C30H41N3O7. The molecule has 0 aliphatic rings. The van der Waals surface area contributed by atoms with E-state index in [-0.39, 0.29) is 25.6 Å². The first kappa shape index (κ1) is 32.3. The molecule has 0 heterocycles. The van der Waals surface area contributed by atoms with E-state index in [0.717, 1.165) is 11.1 Å². The number of ether oxygens (including phenoxy) is 3. The minimum absolute atomic E-state index is 0.178. The predicted octanol–water partition coefficient (Wildman–Crippen LogP) is 3.14. The van der Waals surface area contributed by atoms with Crippen LogP contribution in [0.1, 0.15) is 45.7 Å². The lowest BCUT2D eigenvalue weighted by Gasteiger charge is -2.27. The van der Waals surface area contributed by atoms with Crippen LogP contribution < -0.4 is 16.0 Å². The maximum absolute atomic E-state index is 13.4. The van der Waals surface area contributed by atoms with Crippen LogP contribution in [0.5, 0.6) is 0 Å². The van der Waals surface area contributed by atoms with Gasteiger partial charge >= 0.3 is 12.1 Å². The summed E-state index contributed by atoms with van der Waals surface area (Å²) in [5, 5.41) is 7.95. The molecule has 10 nitrogen and oxygen atoms in total. The maximum Gasteiger partial charge on any atom is 0.408 e. The molecule has 2 aromatic carbocycles. The van der Waals surface area contributed by atoms with E-state index in [1.165, 1.54) is 7.11 Å². The Bertz CT molecular complexity index is 1100. The normalized spacial score (nSPS) is 13.5. The number of methoxy groups -OCH3 is 1. The Labute approximate surface area is 236 Å². The van der Waals surface area contributed by atoms with Gasteiger partial charge in [-0.1, -0.05) is 74.5 Å². The zero-order chi connectivity index (χ0) is 29.7. The highest BCUT2D eigenvalue weighted by atomic mass is 16.6. The number of carbonyl (C=O) groups is 4. The average Bonchev–Trinajstić information content (AvgIpc) is 2.90. The predicted molar refractivity (Wildman–Crippen MR) is 150 cm³/mol. The van der Waals surface area contributed by atoms with Gasteiger partial charge in [0.05, 0.1) is 20.3 Å². The highest BCUT2D eigenvalue weighted by Crippen LogP contribution is 2.10. The van der Waals surface area contributed by atoms with E-state index >= 15 is 0 Å². The van der Waals surface area contributed by atoms with E-state index < -0.39 is 47.6 Å². The number of hydrogen-bond acceptors (Lipinski definition) is 7. The summed E-state index contributed by atoms with van der Waals surface area (Å²) in [6.07, 6.45) is -0.559. The monoisotopic (exact) mass is 555 g/mol. The Hall–Kier alpha value is -3.92. The fraction of sp³-hybridized carbons (Fsp3) is 0.467. The molecule has 3 amide bonds. The van der Waals surface area contributed by atoms with Gasteiger partial charge in [0.15, 0.2) is 0 Å². The Morgan fingerprint density at radius 3 is 1.85 bits per heavy atom. The first-order valence-electron chi connectivity index (χ1n) is 13.2. The summed E-state index contributed by atoms with van der Waals surface area (Å²) in [6.45, 7) is 8.70. The van der Waals surface area contributed by atoms with E-state index in [0.29, 0.717) is 0 Å². The second kappa shape index (κ2) is 15.6. The molecule has 0 aliphatic carbocycles. The molecule has 0 unspecified atom stereocenters. The number of rotatable bonds is 13. The zero-order valence-corrected chi connectivity index (χ0v) is 24.1. The molecule has 0 bridgehead atoms. The molecule has 0 spiro atoms. The van der Waals surface area contributed by atoms with Crippen LogP contribution in [0.3, 0.4) is 0 Å². The van der Waals surface area contributed by atoms with Crippen LogP contribution in [0.4, 0.5) is 4.79 Å². The summed E-state index contributed by atoms with van der Waals surface area (Å²) in [6, 6.07) is 15.4. The number of carbonyl (C=O) groups excluding carboxylic acids is 4. The lowest BCUT2D eigenvalue weighted by molar-refractivity contribution is -0.145. The van der Waals surface area contributed by atoms with E-state index in [1.807, 2.05) is 60.7 Å². The lowest BCUT2D eigenvalue weighted by Crippen LogP contribution is -2.58. The number of amides is 3. The van der Waals surface area contributed by atoms with Gasteiger partial charge in [-0.2, -0.15) is 0 Å². The maximum atomic E-state index is 13.4. The van der Waals surface area contributed by atoms with Gasteiger partial charge in [-0.05, 0) is 37.8 Å². The van der Waals surface area contributed by atoms with E-state index in [9.17, 15) is 19.2 Å². The summed E-state index contributed by atoms with van der Waals surface area (Å²) in [4.78, 5) is 51.6. The van der Waals surface area contributed by atoms with Gasteiger partial charge in [0.2, 0.25) is 11.8 Å². The number of hydrogen-bond donors (Lipinski definition) is 3. The van der Waals surface area contributed by atoms with Crippen molar-refractivity contribution in [2.75, 3.05) is 13.7 Å².